The van der Waals surface area contributed by atoms with Crippen LogP contribution in [0.25, 0.3) is 0 Å². The molecular weight excluding hydrogens is 632 g/mol. The van der Waals surface area contributed by atoms with E-state index in [0.29, 0.717) is 13.0 Å². The smallest absolute Gasteiger partial charge is 0.410 e. The van der Waals surface area contributed by atoms with Gasteiger partial charge < -0.3 is 50.3 Å². The molecule has 240 valence electrons. The molecule has 13 nitrogen and oxygen atoms in total. The maximum absolute atomic E-state index is 13.1. The average molecular weight is 674 g/mol. The van der Waals surface area contributed by atoms with Gasteiger partial charge in [-0.15, -0.1) is 0 Å². The summed E-state index contributed by atoms with van der Waals surface area (Å²) in [6, 6.07) is 3.33. The van der Waals surface area contributed by atoms with Gasteiger partial charge in [0.25, 0.3) is 0 Å². The van der Waals surface area contributed by atoms with Crippen molar-refractivity contribution in [3.8, 4) is 0 Å². The molecule has 14 heteroatoms. The fourth-order valence-electron chi connectivity index (χ4n) is 5.13. The van der Waals surface area contributed by atoms with Crippen molar-refractivity contribution in [2.24, 2.45) is 0 Å². The van der Waals surface area contributed by atoms with Crippen molar-refractivity contribution < 1.29 is 73.9 Å². The molecule has 1 aromatic rings. The summed E-state index contributed by atoms with van der Waals surface area (Å²) in [4.78, 5) is 62.8. The number of nitrogens with zero attached hydrogens (tertiary/aromatic N) is 2. The van der Waals surface area contributed by atoms with Crippen molar-refractivity contribution >= 4 is 30.0 Å². The van der Waals surface area contributed by atoms with Crippen LogP contribution in [0, 0.1) is 0 Å². The van der Waals surface area contributed by atoms with Crippen LogP contribution in [-0.4, -0.2) is 78.0 Å². The van der Waals surface area contributed by atoms with Gasteiger partial charge in [0.05, 0.1) is 6.04 Å². The first-order chi connectivity index (χ1) is 19.7. The Morgan fingerprint density at radius 1 is 0.907 bits per heavy atom. The van der Waals surface area contributed by atoms with Crippen molar-refractivity contribution in [3.63, 3.8) is 0 Å². The maximum atomic E-state index is 13.1. The maximum Gasteiger partial charge on any atom is 0.410 e. The molecule has 0 spiro atoms. The topological polar surface area (TPSA) is 148 Å². The molecule has 0 aromatic carbocycles. The fourth-order valence-corrected chi connectivity index (χ4v) is 5.13. The van der Waals surface area contributed by atoms with Crippen LogP contribution in [0.3, 0.4) is 0 Å². The minimum atomic E-state index is -1.29. The van der Waals surface area contributed by atoms with Gasteiger partial charge in [-0.3, -0.25) is 19.2 Å². The van der Waals surface area contributed by atoms with Gasteiger partial charge in [0.2, 0.25) is 6.10 Å². The number of hydrogen-bond donors (Lipinski definition) is 0. The summed E-state index contributed by atoms with van der Waals surface area (Å²) < 4.78 is 35.4. The first kappa shape index (κ1) is 35.9. The Hall–Kier alpha value is -3.26. The summed E-state index contributed by atoms with van der Waals surface area (Å²) in [6.07, 6.45) is -0.531. The van der Waals surface area contributed by atoms with Crippen LogP contribution in [0.1, 0.15) is 85.6 Å². The molecule has 0 bridgehead atoms. The second-order valence-electron chi connectivity index (χ2n) is 11.4. The van der Waals surface area contributed by atoms with Gasteiger partial charge in [-0.1, -0.05) is 0 Å². The Labute approximate surface area is 261 Å². The summed E-state index contributed by atoms with van der Waals surface area (Å²) in [7, 11) is 0. The molecule has 1 amide bonds. The zero-order valence-electron chi connectivity index (χ0n) is 25.6. The second-order valence-corrected chi connectivity index (χ2v) is 11.4. The summed E-state index contributed by atoms with van der Waals surface area (Å²) >= 11 is 0. The summed E-state index contributed by atoms with van der Waals surface area (Å²) in [6.45, 7) is 10.4. The molecule has 0 N–H and O–H groups in total. The molecule has 2 fully saturated rings. The molecule has 0 radical (unpaired) electrons. The highest BCUT2D eigenvalue weighted by molar-refractivity contribution is 5.69. The number of amides is 1. The SMILES string of the molecule is CC(=O)OCC1O[C@@H]([n+]2cccc(C3CCCCN3C(=O)OC(C)(C)C)c2)[C@@H](OC(C)=O)[C@@H](OC(C)=O)[C@@H]1OC(C)=O.[Br-]. The van der Waals surface area contributed by atoms with Crippen LogP contribution in [0.2, 0.25) is 0 Å². The standard InChI is InChI=1S/C29H41N2O11.BrH/c1-17(32)37-16-23-24(38-18(2)33)25(39-19(3)34)26(40-20(4)35)27(41-23)30-13-10-11-21(15-30)22-12-8-9-14-31(22)28(36)42-29(5,6)7;/h10-11,13,15,22-27H,8-9,12,14,16H2,1-7H3;1H/q+1;/p-1/t22?,23?,24-,25+,26+,27-;/m1./s1. The molecule has 2 aliphatic rings. The number of carbonyl (C=O) groups is 5. The van der Waals surface area contributed by atoms with Gasteiger partial charge in [-0.25, -0.2) is 4.79 Å². The molecule has 2 unspecified atom stereocenters. The largest absolute Gasteiger partial charge is 1.00 e. The molecular formula is C29H41BrN2O11. The highest BCUT2D eigenvalue weighted by Crippen LogP contribution is 2.34. The number of ether oxygens (including phenoxy) is 6. The Kier molecular flexibility index (Phi) is 12.9. The van der Waals surface area contributed by atoms with E-state index in [1.54, 1.807) is 27.9 Å². The van der Waals surface area contributed by atoms with Gasteiger partial charge in [-0.05, 0) is 46.1 Å². The number of hydrogen-bond acceptors (Lipinski definition) is 11. The number of halogens is 1. The van der Waals surface area contributed by atoms with Crippen LogP contribution < -0.4 is 21.5 Å². The second kappa shape index (κ2) is 15.5. The number of piperidine rings is 1. The van der Waals surface area contributed by atoms with Crippen molar-refractivity contribution in [2.75, 3.05) is 13.2 Å². The predicted octanol–water partition coefficient (Wildman–Crippen LogP) is -0.304. The Balaban J connectivity index is 0.00000645. The van der Waals surface area contributed by atoms with E-state index in [-0.39, 0.29) is 29.6 Å². The van der Waals surface area contributed by atoms with Crippen molar-refractivity contribution in [2.45, 2.75) is 110 Å². The number of carbonyl (C=O) groups excluding carboxylic acids is 5. The van der Waals surface area contributed by atoms with Gasteiger partial charge in [0.15, 0.2) is 24.6 Å². The Morgan fingerprint density at radius 3 is 2.09 bits per heavy atom. The van der Waals surface area contributed by atoms with E-state index in [9.17, 15) is 24.0 Å². The lowest BCUT2D eigenvalue weighted by atomic mass is 9.95. The molecule has 2 aliphatic heterocycles. The van der Waals surface area contributed by atoms with E-state index in [1.807, 2.05) is 26.8 Å². The highest BCUT2D eigenvalue weighted by Gasteiger charge is 2.56. The van der Waals surface area contributed by atoms with E-state index in [4.69, 9.17) is 28.4 Å². The van der Waals surface area contributed by atoms with Gasteiger partial charge in [-0.2, -0.15) is 4.57 Å². The normalized spacial score (nSPS) is 25.4. The summed E-state index contributed by atoms with van der Waals surface area (Å²) in [5, 5.41) is 0. The third-order valence-electron chi connectivity index (χ3n) is 6.62. The zero-order valence-corrected chi connectivity index (χ0v) is 27.2. The van der Waals surface area contributed by atoms with Gasteiger partial charge >= 0.3 is 36.2 Å². The first-order valence-electron chi connectivity index (χ1n) is 14.0. The molecule has 3 rings (SSSR count). The summed E-state index contributed by atoms with van der Waals surface area (Å²) in [5.41, 5.74) is 0.111. The number of likely N-dealkylation sites (tertiary alicyclic amines) is 1. The van der Waals surface area contributed by atoms with Crippen LogP contribution in [0.15, 0.2) is 24.5 Å². The van der Waals surface area contributed by atoms with Crippen LogP contribution in [0.5, 0.6) is 0 Å². The van der Waals surface area contributed by atoms with Gasteiger partial charge in [0, 0.05) is 45.9 Å². The number of rotatable bonds is 7. The molecule has 0 saturated carbocycles. The third-order valence-corrected chi connectivity index (χ3v) is 6.62. The first-order valence-corrected chi connectivity index (χ1v) is 14.0. The lowest BCUT2D eigenvalue weighted by molar-refractivity contribution is -0.778. The average Bonchev–Trinajstić information content (AvgIpc) is 2.88. The summed E-state index contributed by atoms with van der Waals surface area (Å²) in [5.74, 6) is -2.71. The van der Waals surface area contributed by atoms with Crippen LogP contribution in [0.4, 0.5) is 4.79 Å². The van der Waals surface area contributed by atoms with E-state index in [1.165, 1.54) is 27.7 Å². The van der Waals surface area contributed by atoms with E-state index in [0.717, 1.165) is 18.4 Å². The highest BCUT2D eigenvalue weighted by atomic mass is 79.9. The zero-order chi connectivity index (χ0) is 31.2. The minimum absolute atomic E-state index is 0. The molecule has 6 atom stereocenters. The molecule has 2 saturated heterocycles. The third kappa shape index (κ3) is 10.2. The Bertz CT molecular complexity index is 1170. The molecule has 3 heterocycles. The molecule has 0 aliphatic carbocycles. The van der Waals surface area contributed by atoms with Crippen molar-refractivity contribution in [1.29, 1.82) is 0 Å². The molecule has 1 aromatic heterocycles. The van der Waals surface area contributed by atoms with E-state index >= 15 is 0 Å². The van der Waals surface area contributed by atoms with Crippen LogP contribution in [-0.2, 0) is 47.6 Å². The number of aromatic nitrogens is 1. The Morgan fingerprint density at radius 2 is 1.51 bits per heavy atom. The quantitative estimate of drug-likeness (QED) is 0.214. The van der Waals surface area contributed by atoms with Gasteiger partial charge in [0.1, 0.15) is 18.3 Å². The van der Waals surface area contributed by atoms with E-state index in [2.05, 4.69) is 0 Å². The van der Waals surface area contributed by atoms with Crippen LogP contribution >= 0.6 is 0 Å². The predicted molar refractivity (Wildman–Crippen MR) is 143 cm³/mol. The lowest BCUT2D eigenvalue weighted by Gasteiger charge is -2.42. The molecule has 43 heavy (non-hydrogen) atoms. The lowest BCUT2D eigenvalue weighted by Crippen LogP contribution is -3.00. The van der Waals surface area contributed by atoms with Crippen molar-refractivity contribution in [3.05, 3.63) is 30.1 Å². The number of pyridine rings is 1. The minimum Gasteiger partial charge on any atom is -1.00 e. The van der Waals surface area contributed by atoms with E-state index < -0.39 is 66.2 Å². The number of esters is 4. The fraction of sp³-hybridized carbons (Fsp3) is 0.655. The van der Waals surface area contributed by atoms with Crippen molar-refractivity contribution in [1.82, 2.24) is 4.90 Å². The monoisotopic (exact) mass is 672 g/mol.